The van der Waals surface area contributed by atoms with Crippen LogP contribution in [0.1, 0.15) is 31.2 Å². The minimum absolute atomic E-state index is 0.0202. The smallest absolute Gasteiger partial charge is 0.148 e. The van der Waals surface area contributed by atoms with Crippen LogP contribution in [-0.2, 0) is 9.84 Å². The molecule has 0 aromatic heterocycles. The summed E-state index contributed by atoms with van der Waals surface area (Å²) in [5.74, 6) is 1.66. The van der Waals surface area contributed by atoms with Gasteiger partial charge in [0.2, 0.25) is 0 Å². The third kappa shape index (κ3) is 4.21. The van der Waals surface area contributed by atoms with E-state index in [1.165, 1.54) is 11.8 Å². The molecule has 112 valence electrons. The maximum absolute atomic E-state index is 11.2. The zero-order valence-corrected chi connectivity index (χ0v) is 13.1. The van der Waals surface area contributed by atoms with Crippen molar-refractivity contribution in [3.05, 3.63) is 29.8 Å². The van der Waals surface area contributed by atoms with E-state index in [-0.39, 0.29) is 11.8 Å². The molecule has 0 saturated heterocycles. The SMILES string of the molecule is COc1ccc(C2CC(NC(C)CS(C)(=O)=O)C2)cc1. The number of nitrogens with one attached hydrogen (secondary N) is 1. The lowest BCUT2D eigenvalue weighted by Crippen LogP contribution is -2.46. The van der Waals surface area contributed by atoms with Gasteiger partial charge in [-0.05, 0) is 43.4 Å². The number of hydrogen-bond donors (Lipinski definition) is 1. The molecule has 2 rings (SSSR count). The van der Waals surface area contributed by atoms with Gasteiger partial charge in [0.05, 0.1) is 12.9 Å². The Hall–Kier alpha value is -1.07. The summed E-state index contributed by atoms with van der Waals surface area (Å²) < 4.78 is 27.6. The molecular weight excluding hydrogens is 274 g/mol. The molecule has 1 N–H and O–H groups in total. The molecule has 1 aromatic carbocycles. The summed E-state index contributed by atoms with van der Waals surface area (Å²) in [5, 5.41) is 3.39. The fourth-order valence-electron chi connectivity index (χ4n) is 2.81. The summed E-state index contributed by atoms with van der Waals surface area (Å²) in [6.45, 7) is 1.93. The van der Waals surface area contributed by atoms with Crippen LogP contribution in [0.4, 0.5) is 0 Å². The Kier molecular flexibility index (Phi) is 4.70. The Morgan fingerprint density at radius 1 is 1.30 bits per heavy atom. The molecular formula is C15H23NO3S. The van der Waals surface area contributed by atoms with Crippen LogP contribution in [0.5, 0.6) is 5.75 Å². The van der Waals surface area contributed by atoms with Gasteiger partial charge in [0.1, 0.15) is 15.6 Å². The molecule has 1 aliphatic rings. The largest absolute Gasteiger partial charge is 0.497 e. The lowest BCUT2D eigenvalue weighted by atomic mass is 9.75. The average Bonchev–Trinajstić information content (AvgIpc) is 2.31. The van der Waals surface area contributed by atoms with Gasteiger partial charge in [0.25, 0.3) is 0 Å². The summed E-state index contributed by atoms with van der Waals surface area (Å²) in [7, 11) is -1.23. The molecule has 1 aromatic rings. The number of methoxy groups -OCH3 is 1. The van der Waals surface area contributed by atoms with E-state index < -0.39 is 9.84 Å². The van der Waals surface area contributed by atoms with Gasteiger partial charge in [-0.1, -0.05) is 12.1 Å². The van der Waals surface area contributed by atoms with E-state index in [9.17, 15) is 8.42 Å². The van der Waals surface area contributed by atoms with E-state index in [2.05, 4.69) is 17.4 Å². The van der Waals surface area contributed by atoms with Gasteiger partial charge in [-0.25, -0.2) is 8.42 Å². The Morgan fingerprint density at radius 3 is 2.40 bits per heavy atom. The van der Waals surface area contributed by atoms with E-state index >= 15 is 0 Å². The molecule has 1 atom stereocenters. The first kappa shape index (κ1) is 15.3. The molecule has 1 unspecified atom stereocenters. The first-order valence-corrected chi connectivity index (χ1v) is 9.01. The molecule has 1 saturated carbocycles. The zero-order valence-electron chi connectivity index (χ0n) is 12.3. The quantitative estimate of drug-likeness (QED) is 0.872. The number of rotatable bonds is 6. The molecule has 0 amide bonds. The summed E-state index contributed by atoms with van der Waals surface area (Å²) in [5.41, 5.74) is 1.33. The van der Waals surface area contributed by atoms with Crippen molar-refractivity contribution in [3.8, 4) is 5.75 Å². The molecule has 0 aliphatic heterocycles. The first-order chi connectivity index (χ1) is 9.37. The van der Waals surface area contributed by atoms with Gasteiger partial charge >= 0.3 is 0 Å². The highest BCUT2D eigenvalue weighted by Gasteiger charge is 2.31. The van der Waals surface area contributed by atoms with Crippen molar-refractivity contribution in [1.29, 1.82) is 0 Å². The minimum Gasteiger partial charge on any atom is -0.497 e. The molecule has 0 spiro atoms. The van der Waals surface area contributed by atoms with Crippen LogP contribution in [0.15, 0.2) is 24.3 Å². The van der Waals surface area contributed by atoms with Gasteiger partial charge in [0, 0.05) is 18.3 Å². The highest BCUT2D eigenvalue weighted by molar-refractivity contribution is 7.90. The number of sulfone groups is 1. The second-order valence-electron chi connectivity index (χ2n) is 5.80. The van der Waals surface area contributed by atoms with Crippen LogP contribution in [0.2, 0.25) is 0 Å². The summed E-state index contributed by atoms with van der Waals surface area (Å²) in [6, 6.07) is 8.65. The minimum atomic E-state index is -2.90. The van der Waals surface area contributed by atoms with Crippen LogP contribution < -0.4 is 10.1 Å². The molecule has 0 radical (unpaired) electrons. The fraction of sp³-hybridized carbons (Fsp3) is 0.600. The second-order valence-corrected chi connectivity index (χ2v) is 7.98. The van der Waals surface area contributed by atoms with Crippen LogP contribution in [0, 0.1) is 0 Å². The van der Waals surface area contributed by atoms with Crippen molar-refractivity contribution in [2.24, 2.45) is 0 Å². The summed E-state index contributed by atoms with van der Waals surface area (Å²) in [4.78, 5) is 0. The maximum Gasteiger partial charge on any atom is 0.148 e. The molecule has 4 nitrogen and oxygen atoms in total. The number of ether oxygens (including phenoxy) is 1. The molecule has 0 bridgehead atoms. The maximum atomic E-state index is 11.2. The van der Waals surface area contributed by atoms with Crippen molar-refractivity contribution in [3.63, 3.8) is 0 Å². The molecule has 20 heavy (non-hydrogen) atoms. The summed E-state index contributed by atoms with van der Waals surface area (Å²) >= 11 is 0. The zero-order chi connectivity index (χ0) is 14.8. The number of benzene rings is 1. The molecule has 5 heteroatoms. The van der Waals surface area contributed by atoms with Crippen molar-refractivity contribution in [1.82, 2.24) is 5.32 Å². The van der Waals surface area contributed by atoms with Crippen molar-refractivity contribution in [2.45, 2.75) is 37.8 Å². The van der Waals surface area contributed by atoms with Gasteiger partial charge in [-0.3, -0.25) is 0 Å². The molecule has 0 heterocycles. The molecule has 1 aliphatic carbocycles. The lowest BCUT2D eigenvalue weighted by Gasteiger charge is -2.38. The van der Waals surface area contributed by atoms with E-state index in [4.69, 9.17) is 4.74 Å². The van der Waals surface area contributed by atoms with E-state index in [0.29, 0.717) is 12.0 Å². The Labute approximate surface area is 121 Å². The Balaban J connectivity index is 1.79. The Bertz CT molecular complexity index is 533. The van der Waals surface area contributed by atoms with Gasteiger partial charge in [-0.2, -0.15) is 0 Å². The van der Waals surface area contributed by atoms with E-state index in [1.54, 1.807) is 7.11 Å². The van der Waals surface area contributed by atoms with Crippen molar-refractivity contribution >= 4 is 9.84 Å². The van der Waals surface area contributed by atoms with Crippen molar-refractivity contribution in [2.75, 3.05) is 19.1 Å². The first-order valence-electron chi connectivity index (χ1n) is 6.95. The van der Waals surface area contributed by atoms with E-state index in [1.807, 2.05) is 19.1 Å². The van der Waals surface area contributed by atoms with Gasteiger partial charge < -0.3 is 10.1 Å². The van der Waals surface area contributed by atoms with Crippen LogP contribution in [-0.4, -0.2) is 39.6 Å². The predicted molar refractivity (Wildman–Crippen MR) is 81.1 cm³/mol. The van der Waals surface area contributed by atoms with Gasteiger partial charge in [0.15, 0.2) is 0 Å². The number of hydrogen-bond acceptors (Lipinski definition) is 4. The highest BCUT2D eigenvalue weighted by atomic mass is 32.2. The second kappa shape index (κ2) is 6.14. The standard InChI is InChI=1S/C15H23NO3S/c1-11(10-20(3,17)18)16-14-8-13(9-14)12-4-6-15(19-2)7-5-12/h4-7,11,13-14,16H,8-10H2,1-3H3. The van der Waals surface area contributed by atoms with E-state index in [0.717, 1.165) is 18.6 Å². The lowest BCUT2D eigenvalue weighted by molar-refractivity contribution is 0.275. The predicted octanol–water partition coefficient (Wildman–Crippen LogP) is 1.96. The van der Waals surface area contributed by atoms with Crippen LogP contribution in [0.3, 0.4) is 0 Å². The highest BCUT2D eigenvalue weighted by Crippen LogP contribution is 2.37. The Morgan fingerprint density at radius 2 is 1.90 bits per heavy atom. The third-order valence-corrected chi connectivity index (χ3v) is 4.90. The normalized spacial score (nSPS) is 23.9. The fourth-order valence-corrected chi connectivity index (χ4v) is 3.81. The van der Waals surface area contributed by atoms with Crippen LogP contribution in [0.25, 0.3) is 0 Å². The summed E-state index contributed by atoms with van der Waals surface area (Å²) in [6.07, 6.45) is 3.42. The van der Waals surface area contributed by atoms with Crippen LogP contribution >= 0.6 is 0 Å². The third-order valence-electron chi connectivity index (χ3n) is 3.80. The van der Waals surface area contributed by atoms with Gasteiger partial charge in [-0.15, -0.1) is 0 Å². The topological polar surface area (TPSA) is 55.4 Å². The monoisotopic (exact) mass is 297 g/mol. The van der Waals surface area contributed by atoms with Crippen molar-refractivity contribution < 1.29 is 13.2 Å². The molecule has 1 fully saturated rings. The average molecular weight is 297 g/mol.